The molecule has 134 valence electrons. The highest BCUT2D eigenvalue weighted by atomic mass is 127. The molecule has 1 aliphatic carbocycles. The minimum absolute atomic E-state index is 0. The number of nitrogens with one attached hydrogen (secondary N) is 2. The highest BCUT2D eigenvalue weighted by molar-refractivity contribution is 14.0. The van der Waals surface area contributed by atoms with Crippen LogP contribution in [0, 0.1) is 5.92 Å². The average Bonchev–Trinajstić information content (AvgIpc) is 3.43. The molecule has 1 heterocycles. The molecule has 1 saturated carbocycles. The van der Waals surface area contributed by atoms with E-state index in [2.05, 4.69) is 50.9 Å². The number of hydrogen-bond acceptors (Lipinski definition) is 2. The summed E-state index contributed by atoms with van der Waals surface area (Å²) in [5, 5.41) is 7.08. The second-order valence-corrected chi connectivity index (χ2v) is 6.85. The molecule has 24 heavy (non-hydrogen) atoms. The van der Waals surface area contributed by atoms with Gasteiger partial charge in [-0.05, 0) is 43.7 Å². The second kappa shape index (κ2) is 10.1. The molecule has 4 nitrogen and oxygen atoms in total. The van der Waals surface area contributed by atoms with Crippen molar-refractivity contribution in [1.82, 2.24) is 10.6 Å². The van der Waals surface area contributed by atoms with E-state index < -0.39 is 0 Å². The van der Waals surface area contributed by atoms with Crippen LogP contribution >= 0.6 is 24.0 Å². The first-order valence-electron chi connectivity index (χ1n) is 9.12. The maximum Gasteiger partial charge on any atom is 0.191 e. The number of halogens is 1. The zero-order valence-electron chi connectivity index (χ0n) is 14.7. The molecular weight excluding hydrogens is 411 g/mol. The van der Waals surface area contributed by atoms with Gasteiger partial charge in [-0.2, -0.15) is 0 Å². The van der Waals surface area contributed by atoms with Crippen LogP contribution in [0.25, 0.3) is 0 Å². The minimum Gasteiger partial charge on any atom is -0.369 e. The van der Waals surface area contributed by atoms with Gasteiger partial charge >= 0.3 is 0 Å². The van der Waals surface area contributed by atoms with Crippen LogP contribution in [-0.4, -0.2) is 38.7 Å². The first-order valence-corrected chi connectivity index (χ1v) is 9.12. The quantitative estimate of drug-likeness (QED) is 0.306. The molecule has 0 spiro atoms. The fourth-order valence-electron chi connectivity index (χ4n) is 3.36. The van der Waals surface area contributed by atoms with Gasteiger partial charge in [-0.25, -0.2) is 0 Å². The van der Waals surface area contributed by atoms with Gasteiger partial charge in [0, 0.05) is 38.4 Å². The van der Waals surface area contributed by atoms with E-state index in [1.54, 1.807) is 0 Å². The number of rotatable bonds is 6. The van der Waals surface area contributed by atoms with Crippen molar-refractivity contribution < 1.29 is 0 Å². The van der Waals surface area contributed by atoms with Crippen LogP contribution in [0.4, 0.5) is 5.69 Å². The fourth-order valence-corrected chi connectivity index (χ4v) is 3.36. The van der Waals surface area contributed by atoms with Gasteiger partial charge in [0.05, 0.1) is 0 Å². The SMILES string of the molecule is CN=C(NCCCC1CC1)NC1CCCN(c2ccccc2)C1.I. The first-order chi connectivity index (χ1) is 11.3. The number of piperidine rings is 1. The van der Waals surface area contributed by atoms with Gasteiger partial charge in [0.15, 0.2) is 5.96 Å². The van der Waals surface area contributed by atoms with Crippen molar-refractivity contribution >= 4 is 35.6 Å². The highest BCUT2D eigenvalue weighted by Gasteiger charge is 2.21. The average molecular weight is 442 g/mol. The number of aliphatic imine (C=N–C) groups is 1. The van der Waals surface area contributed by atoms with Crippen LogP contribution in [0.2, 0.25) is 0 Å². The van der Waals surface area contributed by atoms with Crippen LogP contribution in [0.15, 0.2) is 35.3 Å². The third kappa shape index (κ3) is 6.15. The van der Waals surface area contributed by atoms with Crippen molar-refractivity contribution in [3.63, 3.8) is 0 Å². The number of anilines is 1. The molecule has 0 aromatic heterocycles. The molecule has 3 rings (SSSR count). The Morgan fingerprint density at radius 2 is 2.00 bits per heavy atom. The predicted molar refractivity (Wildman–Crippen MR) is 114 cm³/mol. The number of hydrogen-bond donors (Lipinski definition) is 2. The molecule has 1 unspecified atom stereocenters. The largest absolute Gasteiger partial charge is 0.369 e. The second-order valence-electron chi connectivity index (χ2n) is 6.85. The lowest BCUT2D eigenvalue weighted by Gasteiger charge is -2.35. The molecule has 0 amide bonds. The molecule has 0 bridgehead atoms. The molecule has 1 saturated heterocycles. The van der Waals surface area contributed by atoms with Gasteiger partial charge < -0.3 is 15.5 Å². The Morgan fingerprint density at radius 3 is 2.71 bits per heavy atom. The summed E-state index contributed by atoms with van der Waals surface area (Å²) < 4.78 is 0. The van der Waals surface area contributed by atoms with Crippen LogP contribution < -0.4 is 15.5 Å². The van der Waals surface area contributed by atoms with E-state index in [0.717, 1.165) is 31.5 Å². The van der Waals surface area contributed by atoms with Crippen LogP contribution in [-0.2, 0) is 0 Å². The van der Waals surface area contributed by atoms with Gasteiger partial charge in [-0.15, -0.1) is 24.0 Å². The first kappa shape index (κ1) is 19.3. The van der Waals surface area contributed by atoms with Crippen molar-refractivity contribution in [2.45, 2.75) is 44.6 Å². The lowest BCUT2D eigenvalue weighted by Crippen LogP contribution is -2.51. The smallest absolute Gasteiger partial charge is 0.191 e. The van der Waals surface area contributed by atoms with E-state index >= 15 is 0 Å². The van der Waals surface area contributed by atoms with Crippen LogP contribution in [0.5, 0.6) is 0 Å². The molecular formula is C19H31IN4. The van der Waals surface area contributed by atoms with E-state index in [9.17, 15) is 0 Å². The summed E-state index contributed by atoms with van der Waals surface area (Å²) >= 11 is 0. The lowest BCUT2D eigenvalue weighted by atomic mass is 10.1. The maximum absolute atomic E-state index is 4.39. The standard InChI is InChI=1S/C19H30N4.HI/c1-20-19(21-13-5-7-16-11-12-16)22-17-8-6-14-23(15-17)18-9-3-2-4-10-18;/h2-4,9-10,16-17H,5-8,11-15H2,1H3,(H2,20,21,22);1H. The summed E-state index contributed by atoms with van der Waals surface area (Å²) in [4.78, 5) is 6.86. The van der Waals surface area contributed by atoms with Gasteiger partial charge in [-0.3, -0.25) is 4.99 Å². The third-order valence-corrected chi connectivity index (χ3v) is 4.89. The van der Waals surface area contributed by atoms with E-state index in [0.29, 0.717) is 6.04 Å². The molecule has 1 aromatic carbocycles. The summed E-state index contributed by atoms with van der Waals surface area (Å²) in [6, 6.07) is 11.2. The highest BCUT2D eigenvalue weighted by Crippen LogP contribution is 2.33. The molecule has 2 fully saturated rings. The Kier molecular flexibility index (Phi) is 8.15. The zero-order chi connectivity index (χ0) is 15.9. The Bertz CT molecular complexity index is 501. The van der Waals surface area contributed by atoms with Crippen LogP contribution in [0.1, 0.15) is 38.5 Å². The summed E-state index contributed by atoms with van der Waals surface area (Å²) in [5.74, 6) is 1.98. The van der Waals surface area contributed by atoms with Crippen molar-refractivity contribution in [1.29, 1.82) is 0 Å². The maximum atomic E-state index is 4.39. The van der Waals surface area contributed by atoms with Crippen molar-refractivity contribution in [2.75, 3.05) is 31.6 Å². The minimum atomic E-state index is 0. The predicted octanol–water partition coefficient (Wildman–Crippen LogP) is 3.63. The summed E-state index contributed by atoms with van der Waals surface area (Å²) in [5.41, 5.74) is 1.33. The molecule has 2 N–H and O–H groups in total. The molecule has 1 atom stereocenters. The molecule has 1 aliphatic heterocycles. The summed E-state index contributed by atoms with van der Waals surface area (Å²) in [6.07, 6.45) is 7.97. The van der Waals surface area contributed by atoms with Gasteiger partial charge in [0.1, 0.15) is 0 Å². The van der Waals surface area contributed by atoms with E-state index in [1.165, 1.54) is 44.2 Å². The van der Waals surface area contributed by atoms with Crippen molar-refractivity contribution in [3.8, 4) is 0 Å². The van der Waals surface area contributed by atoms with E-state index in [1.807, 2.05) is 7.05 Å². The summed E-state index contributed by atoms with van der Waals surface area (Å²) in [7, 11) is 1.87. The lowest BCUT2D eigenvalue weighted by molar-refractivity contribution is 0.467. The van der Waals surface area contributed by atoms with Crippen molar-refractivity contribution in [3.05, 3.63) is 30.3 Å². The number of para-hydroxylation sites is 1. The monoisotopic (exact) mass is 442 g/mol. The zero-order valence-corrected chi connectivity index (χ0v) is 17.0. The number of guanidine groups is 1. The Balaban J connectivity index is 0.00000208. The van der Waals surface area contributed by atoms with E-state index in [-0.39, 0.29) is 24.0 Å². The van der Waals surface area contributed by atoms with Gasteiger partial charge in [0.25, 0.3) is 0 Å². The fraction of sp³-hybridized carbons (Fsp3) is 0.632. The van der Waals surface area contributed by atoms with Gasteiger partial charge in [-0.1, -0.05) is 31.0 Å². The Hall–Kier alpha value is -0.980. The number of nitrogens with zero attached hydrogens (tertiary/aromatic N) is 2. The Labute approximate surface area is 163 Å². The topological polar surface area (TPSA) is 39.7 Å². The third-order valence-electron chi connectivity index (χ3n) is 4.89. The summed E-state index contributed by atoms with van der Waals surface area (Å²) in [6.45, 7) is 3.23. The molecule has 5 heteroatoms. The van der Waals surface area contributed by atoms with Crippen LogP contribution in [0.3, 0.4) is 0 Å². The Morgan fingerprint density at radius 1 is 1.21 bits per heavy atom. The van der Waals surface area contributed by atoms with E-state index in [4.69, 9.17) is 0 Å². The number of benzene rings is 1. The molecule has 0 radical (unpaired) electrons. The molecule has 1 aromatic rings. The van der Waals surface area contributed by atoms with Crippen molar-refractivity contribution in [2.24, 2.45) is 10.9 Å². The normalized spacial score (nSPS) is 21.1. The molecule has 2 aliphatic rings. The van der Waals surface area contributed by atoms with Gasteiger partial charge in [0.2, 0.25) is 0 Å².